The van der Waals surface area contributed by atoms with Crippen LogP contribution in [0.25, 0.3) is 0 Å². The second-order valence-corrected chi connectivity index (χ2v) is 9.01. The summed E-state index contributed by atoms with van der Waals surface area (Å²) in [5.74, 6) is -0.722. The van der Waals surface area contributed by atoms with Crippen LogP contribution in [0.1, 0.15) is 60.0 Å². The highest BCUT2D eigenvalue weighted by molar-refractivity contribution is 6.05. The molecule has 1 spiro atoms. The first kappa shape index (κ1) is 18.8. The first-order chi connectivity index (χ1) is 14.1. The summed E-state index contributed by atoms with van der Waals surface area (Å²) in [5, 5.41) is 9.65. The van der Waals surface area contributed by atoms with E-state index in [-0.39, 0.29) is 24.1 Å². The van der Waals surface area contributed by atoms with Crippen LogP contribution in [0.2, 0.25) is 0 Å². The fraction of sp³-hybridized carbons (Fsp3) is 0.591. The van der Waals surface area contributed by atoms with Crippen molar-refractivity contribution in [1.29, 1.82) is 0 Å². The van der Waals surface area contributed by atoms with Crippen LogP contribution in [0.4, 0.5) is 0 Å². The molecule has 3 amide bonds. The van der Waals surface area contributed by atoms with E-state index in [0.29, 0.717) is 30.0 Å². The molecule has 7 heteroatoms. The number of imide groups is 1. The molecule has 1 aromatic carbocycles. The average molecular weight is 396 g/mol. The number of carbonyl (C=O) groups is 3. The van der Waals surface area contributed by atoms with Gasteiger partial charge in [-0.25, -0.2) is 0 Å². The van der Waals surface area contributed by atoms with Crippen LogP contribution < -0.4 is 16.0 Å². The van der Waals surface area contributed by atoms with Crippen molar-refractivity contribution in [3.05, 3.63) is 34.9 Å². The van der Waals surface area contributed by atoms with Crippen molar-refractivity contribution in [2.45, 2.75) is 63.7 Å². The maximum Gasteiger partial charge on any atom is 0.255 e. The fourth-order valence-corrected chi connectivity index (χ4v) is 5.44. The molecule has 0 radical (unpaired) electrons. The molecule has 0 aromatic heterocycles. The van der Waals surface area contributed by atoms with Crippen LogP contribution in [0, 0.1) is 5.41 Å². The van der Waals surface area contributed by atoms with Crippen molar-refractivity contribution in [2.24, 2.45) is 5.41 Å². The van der Waals surface area contributed by atoms with Crippen molar-refractivity contribution in [1.82, 2.24) is 20.9 Å². The molecule has 7 nitrogen and oxygen atoms in total. The molecular formula is C22H28N4O3. The summed E-state index contributed by atoms with van der Waals surface area (Å²) >= 11 is 0. The minimum absolute atomic E-state index is 0.103. The molecule has 2 atom stereocenters. The van der Waals surface area contributed by atoms with Gasteiger partial charge in [-0.15, -0.1) is 0 Å². The lowest BCUT2D eigenvalue weighted by atomic mass is 9.62. The van der Waals surface area contributed by atoms with E-state index in [1.165, 1.54) is 19.3 Å². The largest absolute Gasteiger partial charge is 0.322 e. The predicted octanol–water partition coefficient (Wildman–Crippen LogP) is 1.07. The van der Waals surface area contributed by atoms with Gasteiger partial charge in [0.15, 0.2) is 0 Å². The van der Waals surface area contributed by atoms with Crippen LogP contribution in [0.5, 0.6) is 0 Å². The van der Waals surface area contributed by atoms with Crippen molar-refractivity contribution >= 4 is 17.7 Å². The Hall–Kier alpha value is -2.25. The fourth-order valence-electron chi connectivity index (χ4n) is 5.44. The van der Waals surface area contributed by atoms with Crippen molar-refractivity contribution in [3.63, 3.8) is 0 Å². The molecule has 3 fully saturated rings. The van der Waals surface area contributed by atoms with Gasteiger partial charge in [0.25, 0.3) is 5.91 Å². The summed E-state index contributed by atoms with van der Waals surface area (Å²) in [5.41, 5.74) is 3.17. The van der Waals surface area contributed by atoms with Crippen LogP contribution in [-0.2, 0) is 22.7 Å². The van der Waals surface area contributed by atoms with Gasteiger partial charge in [-0.2, -0.15) is 0 Å². The highest BCUT2D eigenvalue weighted by atomic mass is 16.2. The standard InChI is InChI=1S/C22H28N4O3/c27-19-5-4-17(20(28)25-19)26-12-15-3-2-14(10-16(15)21(26)29)11-24-18-6-9-23-13-22(18)7-1-8-22/h2-3,10,17-18,23-24H,1,4-9,11-13H2,(H,25,27,28). The second kappa shape index (κ2) is 7.22. The highest BCUT2D eigenvalue weighted by Crippen LogP contribution is 2.45. The maximum absolute atomic E-state index is 13.0. The Labute approximate surface area is 170 Å². The summed E-state index contributed by atoms with van der Waals surface area (Å²) < 4.78 is 0. The zero-order valence-corrected chi connectivity index (χ0v) is 16.6. The number of amides is 3. The lowest BCUT2D eigenvalue weighted by Gasteiger charge is -2.51. The smallest absolute Gasteiger partial charge is 0.255 e. The highest BCUT2D eigenvalue weighted by Gasteiger charge is 2.45. The second-order valence-electron chi connectivity index (χ2n) is 9.01. The summed E-state index contributed by atoms with van der Waals surface area (Å²) in [4.78, 5) is 38.2. The van der Waals surface area contributed by atoms with Crippen LogP contribution in [-0.4, -0.2) is 47.8 Å². The predicted molar refractivity (Wildman–Crippen MR) is 107 cm³/mol. The number of piperidine rings is 2. The lowest BCUT2D eigenvalue weighted by molar-refractivity contribution is -0.136. The van der Waals surface area contributed by atoms with Gasteiger partial charge in [-0.05, 0) is 54.8 Å². The van der Waals surface area contributed by atoms with Gasteiger partial charge < -0.3 is 15.5 Å². The molecule has 3 aliphatic heterocycles. The van der Waals surface area contributed by atoms with E-state index >= 15 is 0 Å². The monoisotopic (exact) mass is 396 g/mol. The minimum Gasteiger partial charge on any atom is -0.322 e. The van der Waals surface area contributed by atoms with Crippen LogP contribution >= 0.6 is 0 Å². The Morgan fingerprint density at radius 3 is 2.79 bits per heavy atom. The first-order valence-corrected chi connectivity index (χ1v) is 10.8. The van der Waals surface area contributed by atoms with Gasteiger partial charge in [0, 0.05) is 37.7 Å². The van der Waals surface area contributed by atoms with Gasteiger partial charge in [0.05, 0.1) is 0 Å². The normalized spacial score (nSPS) is 28.3. The van der Waals surface area contributed by atoms with Gasteiger partial charge in [-0.1, -0.05) is 18.6 Å². The zero-order chi connectivity index (χ0) is 20.0. The van der Waals surface area contributed by atoms with Gasteiger partial charge in [0.2, 0.25) is 11.8 Å². The van der Waals surface area contributed by atoms with E-state index in [9.17, 15) is 14.4 Å². The van der Waals surface area contributed by atoms with E-state index in [2.05, 4.69) is 22.0 Å². The van der Waals surface area contributed by atoms with E-state index in [4.69, 9.17) is 0 Å². The van der Waals surface area contributed by atoms with E-state index < -0.39 is 6.04 Å². The summed E-state index contributed by atoms with van der Waals surface area (Å²) in [6.45, 7) is 3.36. The van der Waals surface area contributed by atoms with Crippen molar-refractivity contribution in [3.8, 4) is 0 Å². The summed E-state index contributed by atoms with van der Waals surface area (Å²) in [6, 6.07) is 6.05. The van der Waals surface area contributed by atoms with Gasteiger partial charge in [0.1, 0.15) is 6.04 Å². The zero-order valence-electron chi connectivity index (χ0n) is 16.6. The molecule has 154 valence electrons. The molecule has 5 rings (SSSR count). The third kappa shape index (κ3) is 3.26. The number of rotatable bonds is 4. The average Bonchev–Trinajstić information content (AvgIpc) is 3.01. The Kier molecular flexibility index (Phi) is 4.67. The SMILES string of the molecule is O=C1CCC(N2Cc3ccc(CNC4CCNCC45CCC5)cc3C2=O)C(=O)N1. The molecule has 1 aromatic rings. The third-order valence-corrected chi connectivity index (χ3v) is 7.32. The first-order valence-electron chi connectivity index (χ1n) is 10.8. The number of nitrogens with zero attached hydrogens (tertiary/aromatic N) is 1. The number of fused-ring (bicyclic) bond motifs is 1. The minimum atomic E-state index is -0.553. The Morgan fingerprint density at radius 1 is 1.17 bits per heavy atom. The number of carbonyl (C=O) groups excluding carboxylic acids is 3. The molecule has 3 heterocycles. The molecule has 1 aliphatic carbocycles. The van der Waals surface area contributed by atoms with Gasteiger partial charge in [-0.3, -0.25) is 19.7 Å². The molecular weight excluding hydrogens is 368 g/mol. The maximum atomic E-state index is 13.0. The Balaban J connectivity index is 1.27. The third-order valence-electron chi connectivity index (χ3n) is 7.32. The Bertz CT molecular complexity index is 864. The molecule has 0 bridgehead atoms. The molecule has 29 heavy (non-hydrogen) atoms. The van der Waals surface area contributed by atoms with Gasteiger partial charge >= 0.3 is 0 Å². The Morgan fingerprint density at radius 2 is 2.03 bits per heavy atom. The molecule has 1 saturated carbocycles. The number of hydrogen-bond acceptors (Lipinski definition) is 5. The lowest BCUT2D eigenvalue weighted by Crippen LogP contribution is -2.58. The molecule has 4 aliphatic rings. The van der Waals surface area contributed by atoms with Crippen molar-refractivity contribution < 1.29 is 14.4 Å². The van der Waals surface area contributed by atoms with Crippen LogP contribution in [0.15, 0.2) is 18.2 Å². The summed E-state index contributed by atoms with van der Waals surface area (Å²) in [7, 11) is 0. The summed E-state index contributed by atoms with van der Waals surface area (Å²) in [6.07, 6.45) is 5.74. The number of hydrogen-bond donors (Lipinski definition) is 3. The molecule has 2 unspecified atom stereocenters. The number of benzene rings is 1. The molecule has 3 N–H and O–H groups in total. The van der Waals surface area contributed by atoms with E-state index in [1.807, 2.05) is 12.1 Å². The quantitative estimate of drug-likeness (QED) is 0.663. The van der Waals surface area contributed by atoms with Crippen LogP contribution in [0.3, 0.4) is 0 Å². The van der Waals surface area contributed by atoms with E-state index in [0.717, 1.165) is 37.2 Å². The van der Waals surface area contributed by atoms with E-state index in [1.54, 1.807) is 4.90 Å². The number of nitrogens with one attached hydrogen (secondary N) is 3. The van der Waals surface area contributed by atoms with Crippen molar-refractivity contribution in [2.75, 3.05) is 13.1 Å². The molecule has 2 saturated heterocycles. The topological polar surface area (TPSA) is 90.5 Å².